The molecule has 0 atom stereocenters. The van der Waals surface area contributed by atoms with Crippen LogP contribution < -0.4 is 0 Å². The summed E-state index contributed by atoms with van der Waals surface area (Å²) < 4.78 is 6.48. The lowest BCUT2D eigenvalue weighted by Crippen LogP contribution is -2.01. The quantitative estimate of drug-likeness (QED) is 0.186. The standard InChI is InChI=1S/C47H29N3O/c1-3-12-30(13-4-1)33-22-23-35-27-36(25-24-34(35)26-33)45-48-46(39-20-11-17-32-16-7-8-18-38(32)39)50-47(49-45)41-28-37(31-14-5-2-6-15-31)29-43-44(41)40-19-9-10-21-42(40)51-43/h1-29H. The number of hydrogen-bond donors (Lipinski definition) is 0. The summed E-state index contributed by atoms with van der Waals surface area (Å²) in [7, 11) is 0. The van der Waals surface area contributed by atoms with E-state index in [9.17, 15) is 0 Å². The zero-order valence-corrected chi connectivity index (χ0v) is 27.5. The van der Waals surface area contributed by atoms with Gasteiger partial charge < -0.3 is 4.42 Å². The Hall–Kier alpha value is -6.91. The molecule has 0 spiro atoms. The van der Waals surface area contributed by atoms with Crippen LogP contribution in [0, 0.1) is 0 Å². The van der Waals surface area contributed by atoms with E-state index in [-0.39, 0.29) is 0 Å². The van der Waals surface area contributed by atoms with Gasteiger partial charge in [-0.05, 0) is 74.1 Å². The average molecular weight is 652 g/mol. The van der Waals surface area contributed by atoms with Crippen molar-refractivity contribution in [2.45, 2.75) is 0 Å². The Balaban J connectivity index is 1.23. The monoisotopic (exact) mass is 651 g/mol. The first kappa shape index (κ1) is 29.0. The fraction of sp³-hybridized carbons (Fsp3) is 0. The van der Waals surface area contributed by atoms with Crippen LogP contribution in [0.1, 0.15) is 0 Å². The van der Waals surface area contributed by atoms with Gasteiger partial charge in [0.05, 0.1) is 0 Å². The Bertz CT molecular complexity index is 2910. The summed E-state index contributed by atoms with van der Waals surface area (Å²) in [5.41, 5.74) is 8.90. The van der Waals surface area contributed by atoms with Crippen molar-refractivity contribution < 1.29 is 4.42 Å². The molecule has 0 radical (unpaired) electrons. The third kappa shape index (κ3) is 5.13. The summed E-state index contributed by atoms with van der Waals surface area (Å²) in [5.74, 6) is 1.83. The van der Waals surface area contributed by atoms with Gasteiger partial charge in [-0.25, -0.2) is 15.0 Å². The Morgan fingerprint density at radius 3 is 1.69 bits per heavy atom. The van der Waals surface area contributed by atoms with Gasteiger partial charge in [0.15, 0.2) is 17.5 Å². The Morgan fingerprint density at radius 1 is 0.314 bits per heavy atom. The molecule has 4 nitrogen and oxygen atoms in total. The second-order valence-electron chi connectivity index (χ2n) is 12.8. The second-order valence-corrected chi connectivity index (χ2v) is 12.8. The van der Waals surface area contributed by atoms with Crippen molar-refractivity contribution in [3.05, 3.63) is 176 Å². The molecule has 10 aromatic rings. The molecule has 0 unspecified atom stereocenters. The highest BCUT2D eigenvalue weighted by atomic mass is 16.3. The van der Waals surface area contributed by atoms with E-state index in [1.807, 2.05) is 30.3 Å². The van der Waals surface area contributed by atoms with Crippen LogP contribution in [0.5, 0.6) is 0 Å². The third-order valence-electron chi connectivity index (χ3n) is 9.70. The van der Waals surface area contributed by atoms with Gasteiger partial charge in [-0.2, -0.15) is 0 Å². The summed E-state index contributed by atoms with van der Waals surface area (Å²) >= 11 is 0. The van der Waals surface area contributed by atoms with Crippen LogP contribution >= 0.6 is 0 Å². The number of furan rings is 1. The highest BCUT2D eigenvalue weighted by molar-refractivity contribution is 6.13. The number of benzene rings is 8. The van der Waals surface area contributed by atoms with E-state index in [1.54, 1.807) is 0 Å². The first-order chi connectivity index (χ1) is 25.2. The Labute approximate surface area is 294 Å². The lowest BCUT2D eigenvalue weighted by atomic mass is 9.98. The van der Waals surface area contributed by atoms with Gasteiger partial charge in [0.25, 0.3) is 0 Å². The van der Waals surface area contributed by atoms with E-state index in [2.05, 4.69) is 146 Å². The molecule has 0 saturated carbocycles. The fourth-order valence-electron chi connectivity index (χ4n) is 7.19. The van der Waals surface area contributed by atoms with Gasteiger partial charge in [-0.15, -0.1) is 0 Å². The molecule has 0 aliphatic rings. The van der Waals surface area contributed by atoms with Crippen molar-refractivity contribution in [1.29, 1.82) is 0 Å². The maximum Gasteiger partial charge on any atom is 0.164 e. The van der Waals surface area contributed by atoms with Crippen LogP contribution in [-0.4, -0.2) is 15.0 Å². The average Bonchev–Trinajstić information content (AvgIpc) is 3.59. The lowest BCUT2D eigenvalue weighted by Gasteiger charge is -2.12. The summed E-state index contributed by atoms with van der Waals surface area (Å²) in [5, 5.41) is 6.51. The van der Waals surface area contributed by atoms with E-state index >= 15 is 0 Å². The van der Waals surface area contributed by atoms with Gasteiger partial charge in [0.1, 0.15) is 11.2 Å². The zero-order valence-electron chi connectivity index (χ0n) is 27.5. The molecule has 0 aliphatic heterocycles. The molecule has 8 aromatic carbocycles. The van der Waals surface area contributed by atoms with Gasteiger partial charge in [0, 0.05) is 27.5 Å². The zero-order chi connectivity index (χ0) is 33.7. The Kier molecular flexibility index (Phi) is 6.78. The summed E-state index contributed by atoms with van der Waals surface area (Å²) in [6.45, 7) is 0. The van der Waals surface area contributed by atoms with Gasteiger partial charge in [-0.1, -0.05) is 146 Å². The summed E-state index contributed by atoms with van der Waals surface area (Å²) in [6.07, 6.45) is 0. The molecule has 0 fully saturated rings. The van der Waals surface area contributed by atoms with Gasteiger partial charge in [0.2, 0.25) is 0 Å². The molecule has 2 heterocycles. The minimum Gasteiger partial charge on any atom is -0.456 e. The van der Waals surface area contributed by atoms with Gasteiger partial charge in [-0.3, -0.25) is 0 Å². The molecule has 0 saturated heterocycles. The van der Waals surface area contributed by atoms with Crippen molar-refractivity contribution >= 4 is 43.5 Å². The topological polar surface area (TPSA) is 51.8 Å². The number of fused-ring (bicyclic) bond motifs is 5. The van der Waals surface area contributed by atoms with E-state index < -0.39 is 0 Å². The van der Waals surface area contributed by atoms with E-state index in [1.165, 1.54) is 11.1 Å². The lowest BCUT2D eigenvalue weighted by molar-refractivity contribution is 0.669. The number of nitrogens with zero attached hydrogens (tertiary/aromatic N) is 3. The minimum absolute atomic E-state index is 0.594. The van der Waals surface area contributed by atoms with Crippen molar-refractivity contribution in [3.63, 3.8) is 0 Å². The highest BCUT2D eigenvalue weighted by Crippen LogP contribution is 2.40. The third-order valence-corrected chi connectivity index (χ3v) is 9.70. The Morgan fingerprint density at radius 2 is 0.902 bits per heavy atom. The van der Waals surface area contributed by atoms with Crippen LogP contribution in [0.15, 0.2) is 180 Å². The van der Waals surface area contributed by atoms with Crippen LogP contribution in [-0.2, 0) is 0 Å². The van der Waals surface area contributed by atoms with Crippen LogP contribution in [0.3, 0.4) is 0 Å². The van der Waals surface area contributed by atoms with Crippen LogP contribution in [0.25, 0.3) is 99.9 Å². The first-order valence-electron chi connectivity index (χ1n) is 17.1. The first-order valence-corrected chi connectivity index (χ1v) is 17.1. The van der Waals surface area contributed by atoms with Gasteiger partial charge >= 0.3 is 0 Å². The second kappa shape index (κ2) is 11.9. The maximum atomic E-state index is 6.48. The summed E-state index contributed by atoms with van der Waals surface area (Å²) in [6, 6.07) is 61.1. The molecule has 51 heavy (non-hydrogen) atoms. The fourth-order valence-corrected chi connectivity index (χ4v) is 7.19. The van der Waals surface area contributed by atoms with Crippen molar-refractivity contribution in [1.82, 2.24) is 15.0 Å². The predicted octanol–water partition coefficient (Wildman–Crippen LogP) is 12.4. The number of aromatic nitrogens is 3. The maximum absolute atomic E-state index is 6.48. The predicted molar refractivity (Wildman–Crippen MR) is 209 cm³/mol. The normalized spacial score (nSPS) is 11.5. The molecule has 0 aliphatic carbocycles. The molecule has 0 N–H and O–H groups in total. The molecule has 0 amide bonds. The van der Waals surface area contributed by atoms with Crippen molar-refractivity contribution in [2.75, 3.05) is 0 Å². The van der Waals surface area contributed by atoms with E-state index in [0.29, 0.717) is 17.5 Å². The number of hydrogen-bond acceptors (Lipinski definition) is 4. The van der Waals surface area contributed by atoms with E-state index in [0.717, 1.165) is 71.3 Å². The molecular weight excluding hydrogens is 623 g/mol. The largest absolute Gasteiger partial charge is 0.456 e. The molecule has 10 rings (SSSR count). The SMILES string of the molecule is c1ccc(-c2ccc3cc(-c4nc(-c5cccc6ccccc56)nc(-c5cc(-c6ccccc6)cc6oc7ccccc7c56)n4)ccc3c2)cc1. The van der Waals surface area contributed by atoms with E-state index in [4.69, 9.17) is 19.4 Å². The van der Waals surface area contributed by atoms with Crippen molar-refractivity contribution in [2.24, 2.45) is 0 Å². The smallest absolute Gasteiger partial charge is 0.164 e. The summed E-state index contributed by atoms with van der Waals surface area (Å²) in [4.78, 5) is 15.7. The van der Waals surface area contributed by atoms with Crippen LogP contribution in [0.2, 0.25) is 0 Å². The minimum atomic E-state index is 0.594. The molecule has 0 bridgehead atoms. The molecule has 2 aromatic heterocycles. The number of rotatable bonds is 5. The molecular formula is C47H29N3O. The molecule has 238 valence electrons. The number of para-hydroxylation sites is 1. The van der Waals surface area contributed by atoms with Crippen LogP contribution in [0.4, 0.5) is 0 Å². The van der Waals surface area contributed by atoms with Crippen molar-refractivity contribution in [3.8, 4) is 56.4 Å². The molecule has 4 heteroatoms. The highest BCUT2D eigenvalue weighted by Gasteiger charge is 2.20.